The van der Waals surface area contributed by atoms with E-state index in [2.05, 4.69) is 38.8 Å². The van der Waals surface area contributed by atoms with Gasteiger partial charge < -0.3 is 9.80 Å². The van der Waals surface area contributed by atoms with Gasteiger partial charge in [0.25, 0.3) is 0 Å². The van der Waals surface area contributed by atoms with Gasteiger partial charge in [-0.25, -0.2) is 4.39 Å². The highest BCUT2D eigenvalue weighted by Crippen LogP contribution is 2.55. The molecule has 32 heavy (non-hydrogen) atoms. The fraction of sp³-hybridized carbons (Fsp3) is 0.615. The SMILES string of the molecule is CC1C2Cc3ccc(CF)cc3CN2C(=O)[C@]12CCC(N1CCC(n3cccn3)CC1)C2. The predicted molar refractivity (Wildman–Crippen MR) is 121 cm³/mol. The predicted octanol–water partition coefficient (Wildman–Crippen LogP) is 4.13. The van der Waals surface area contributed by atoms with Crippen LogP contribution in [-0.4, -0.2) is 50.7 Å². The first-order valence-electron chi connectivity index (χ1n) is 12.3. The Balaban J connectivity index is 1.16. The number of alkyl halides is 1. The summed E-state index contributed by atoms with van der Waals surface area (Å²) in [6.45, 7) is 4.72. The number of hydrogen-bond donors (Lipinski definition) is 0. The van der Waals surface area contributed by atoms with Crippen molar-refractivity contribution in [3.63, 3.8) is 0 Å². The van der Waals surface area contributed by atoms with Crippen LogP contribution in [-0.2, 0) is 24.4 Å². The molecule has 1 spiro atoms. The van der Waals surface area contributed by atoms with Crippen LogP contribution in [0.3, 0.4) is 0 Å². The minimum Gasteiger partial charge on any atom is -0.334 e. The number of likely N-dealkylation sites (tertiary alicyclic amines) is 1. The summed E-state index contributed by atoms with van der Waals surface area (Å²) < 4.78 is 15.3. The molecule has 4 atom stereocenters. The Morgan fingerprint density at radius 1 is 1.16 bits per heavy atom. The summed E-state index contributed by atoms with van der Waals surface area (Å²) in [5.41, 5.74) is 2.95. The zero-order chi connectivity index (χ0) is 21.9. The highest BCUT2D eigenvalue weighted by molar-refractivity contribution is 5.87. The Morgan fingerprint density at radius 3 is 2.75 bits per heavy atom. The second-order valence-corrected chi connectivity index (χ2v) is 10.5. The summed E-state index contributed by atoms with van der Waals surface area (Å²) in [5, 5.41) is 4.44. The van der Waals surface area contributed by atoms with Gasteiger partial charge >= 0.3 is 0 Å². The van der Waals surface area contributed by atoms with Crippen molar-refractivity contribution in [2.75, 3.05) is 13.1 Å². The van der Waals surface area contributed by atoms with Crippen molar-refractivity contribution in [1.29, 1.82) is 0 Å². The molecule has 3 fully saturated rings. The van der Waals surface area contributed by atoms with E-state index in [9.17, 15) is 9.18 Å². The van der Waals surface area contributed by atoms with Crippen molar-refractivity contribution in [1.82, 2.24) is 19.6 Å². The second-order valence-electron chi connectivity index (χ2n) is 10.5. The zero-order valence-corrected chi connectivity index (χ0v) is 18.9. The van der Waals surface area contributed by atoms with Crippen LogP contribution in [0, 0.1) is 11.3 Å². The zero-order valence-electron chi connectivity index (χ0n) is 18.9. The Bertz CT molecular complexity index is 999. The van der Waals surface area contributed by atoms with Crippen molar-refractivity contribution in [3.8, 4) is 0 Å². The van der Waals surface area contributed by atoms with Gasteiger partial charge in [0, 0.05) is 44.1 Å². The molecule has 0 bridgehead atoms. The van der Waals surface area contributed by atoms with E-state index in [0.29, 0.717) is 30.5 Å². The maximum Gasteiger partial charge on any atom is 0.229 e. The molecule has 6 rings (SSSR count). The number of fused-ring (bicyclic) bond motifs is 2. The smallest absolute Gasteiger partial charge is 0.229 e. The summed E-state index contributed by atoms with van der Waals surface area (Å²) in [6, 6.07) is 9.28. The number of hydrogen-bond acceptors (Lipinski definition) is 3. The quantitative estimate of drug-likeness (QED) is 0.727. The first-order valence-corrected chi connectivity index (χ1v) is 12.3. The van der Waals surface area contributed by atoms with Crippen LogP contribution in [0.1, 0.15) is 61.8 Å². The molecule has 1 aromatic carbocycles. The minimum atomic E-state index is -0.441. The van der Waals surface area contributed by atoms with Gasteiger partial charge in [0.15, 0.2) is 0 Å². The molecule has 4 heterocycles. The fourth-order valence-electron chi connectivity index (χ4n) is 7.24. The fourth-order valence-corrected chi connectivity index (χ4v) is 7.24. The van der Waals surface area contributed by atoms with Gasteiger partial charge in [-0.1, -0.05) is 25.1 Å². The molecule has 1 aliphatic carbocycles. The molecule has 5 nitrogen and oxygen atoms in total. The third kappa shape index (κ3) is 3.06. The van der Waals surface area contributed by atoms with Crippen LogP contribution in [0.5, 0.6) is 0 Å². The highest BCUT2D eigenvalue weighted by atomic mass is 19.1. The Labute approximate surface area is 189 Å². The molecule has 1 aromatic heterocycles. The van der Waals surface area contributed by atoms with Gasteiger partial charge in [0.05, 0.1) is 11.5 Å². The molecule has 3 unspecified atom stereocenters. The third-order valence-electron chi connectivity index (χ3n) is 9.17. The average molecular weight is 437 g/mol. The summed E-state index contributed by atoms with van der Waals surface area (Å²) in [7, 11) is 0. The lowest BCUT2D eigenvalue weighted by Gasteiger charge is -2.37. The molecule has 0 N–H and O–H groups in total. The van der Waals surface area contributed by atoms with E-state index in [1.807, 2.05) is 24.4 Å². The maximum atomic E-state index is 13.8. The van der Waals surface area contributed by atoms with Crippen molar-refractivity contribution in [2.24, 2.45) is 11.3 Å². The summed E-state index contributed by atoms with van der Waals surface area (Å²) in [4.78, 5) is 18.6. The lowest BCUT2D eigenvalue weighted by Crippen LogP contribution is -2.42. The molecule has 2 aromatic rings. The van der Waals surface area contributed by atoms with E-state index in [0.717, 1.165) is 62.7 Å². The number of carbonyl (C=O) groups excluding carboxylic acids is 1. The van der Waals surface area contributed by atoms with Gasteiger partial charge in [-0.3, -0.25) is 9.48 Å². The lowest BCUT2D eigenvalue weighted by molar-refractivity contribution is -0.138. The van der Waals surface area contributed by atoms with Gasteiger partial charge in [-0.15, -0.1) is 0 Å². The number of halogens is 1. The molecular weight excluding hydrogens is 403 g/mol. The molecule has 170 valence electrons. The molecule has 1 amide bonds. The molecular formula is C26H33FN4O. The summed E-state index contributed by atoms with van der Waals surface area (Å²) in [6.07, 6.45) is 10.3. The average Bonchev–Trinajstić information content (AvgIpc) is 3.56. The van der Waals surface area contributed by atoms with Crippen molar-refractivity contribution < 1.29 is 9.18 Å². The van der Waals surface area contributed by atoms with E-state index >= 15 is 0 Å². The van der Waals surface area contributed by atoms with Crippen LogP contribution in [0.15, 0.2) is 36.7 Å². The normalized spacial score (nSPS) is 33.1. The molecule has 0 radical (unpaired) electrons. The molecule has 6 heteroatoms. The maximum absolute atomic E-state index is 13.8. The van der Waals surface area contributed by atoms with Crippen molar-refractivity contribution >= 4 is 5.91 Å². The van der Waals surface area contributed by atoms with Gasteiger partial charge in [-0.2, -0.15) is 5.10 Å². The van der Waals surface area contributed by atoms with Crippen LogP contribution in [0.4, 0.5) is 4.39 Å². The van der Waals surface area contributed by atoms with Crippen molar-refractivity contribution in [3.05, 3.63) is 53.3 Å². The lowest BCUT2D eigenvalue weighted by atomic mass is 9.73. The molecule has 4 aliphatic rings. The number of benzene rings is 1. The van der Waals surface area contributed by atoms with Gasteiger partial charge in [0.1, 0.15) is 6.67 Å². The summed E-state index contributed by atoms with van der Waals surface area (Å²) >= 11 is 0. The monoisotopic (exact) mass is 436 g/mol. The van der Waals surface area contributed by atoms with Gasteiger partial charge in [0.2, 0.25) is 5.91 Å². The van der Waals surface area contributed by atoms with Gasteiger partial charge in [-0.05, 0) is 67.2 Å². The van der Waals surface area contributed by atoms with E-state index < -0.39 is 6.67 Å². The molecule has 2 saturated heterocycles. The summed E-state index contributed by atoms with van der Waals surface area (Å²) in [5.74, 6) is 0.732. The number of aromatic nitrogens is 2. The van der Waals surface area contributed by atoms with E-state index in [4.69, 9.17) is 0 Å². The molecule has 3 aliphatic heterocycles. The van der Waals surface area contributed by atoms with E-state index in [-0.39, 0.29) is 11.5 Å². The van der Waals surface area contributed by atoms with E-state index in [1.165, 1.54) is 5.56 Å². The third-order valence-corrected chi connectivity index (χ3v) is 9.17. The van der Waals surface area contributed by atoms with Crippen LogP contribution >= 0.6 is 0 Å². The van der Waals surface area contributed by atoms with Crippen molar-refractivity contribution in [2.45, 2.75) is 76.8 Å². The first kappa shape index (κ1) is 20.4. The number of nitrogens with zero attached hydrogens (tertiary/aromatic N) is 4. The largest absolute Gasteiger partial charge is 0.334 e. The standard InChI is InChI=1S/C26H33FN4O/c1-18-24-14-20-4-3-19(16-27)13-21(20)17-30(24)25(32)26(18)8-5-23(15-26)29-11-6-22(7-12-29)31-10-2-9-28-31/h2-4,9-10,13,18,22-24H,5-8,11-12,14-17H2,1H3/t18?,23?,24?,26-/m0/s1. The topological polar surface area (TPSA) is 41.4 Å². The number of amides is 1. The van der Waals surface area contributed by atoms with Crippen LogP contribution < -0.4 is 0 Å². The second kappa shape index (κ2) is 7.68. The number of rotatable bonds is 3. The Morgan fingerprint density at radius 2 is 2.00 bits per heavy atom. The minimum absolute atomic E-state index is 0.209. The van der Waals surface area contributed by atoms with Crippen LogP contribution in [0.2, 0.25) is 0 Å². The highest BCUT2D eigenvalue weighted by Gasteiger charge is 2.60. The Kier molecular flexibility index (Phi) is 4.90. The number of piperidine rings is 1. The van der Waals surface area contributed by atoms with Crippen LogP contribution in [0.25, 0.3) is 0 Å². The first-order chi connectivity index (χ1) is 15.6. The Hall–Kier alpha value is -2.21. The number of carbonyl (C=O) groups is 1. The van der Waals surface area contributed by atoms with E-state index in [1.54, 1.807) is 0 Å². The molecule has 1 saturated carbocycles.